The zero-order chi connectivity index (χ0) is 22.8. The normalized spacial score (nSPS) is 15.9. The van der Waals surface area contributed by atoms with Gasteiger partial charge in [0.25, 0.3) is 0 Å². The lowest BCUT2D eigenvalue weighted by atomic mass is 10.1. The monoisotopic (exact) mass is 456 g/mol. The van der Waals surface area contributed by atoms with E-state index in [9.17, 15) is 14.0 Å². The molecule has 32 heavy (non-hydrogen) atoms. The number of thioether (sulfide) groups is 1. The molecule has 0 amide bonds. The molecule has 3 aromatic rings. The minimum Gasteiger partial charge on any atom is -0.376 e. The van der Waals surface area contributed by atoms with Gasteiger partial charge in [-0.05, 0) is 63.4 Å². The van der Waals surface area contributed by atoms with Crippen molar-refractivity contribution in [2.45, 2.75) is 51.4 Å². The summed E-state index contributed by atoms with van der Waals surface area (Å²) in [6.07, 6.45) is 1.99. The Hall–Kier alpha value is -2.78. The number of benzene rings is 1. The number of nitrogens with zero attached hydrogens (tertiary/aromatic N) is 3. The molecule has 0 bridgehead atoms. The first-order valence-electron chi connectivity index (χ1n) is 10.5. The molecule has 1 saturated heterocycles. The van der Waals surface area contributed by atoms with E-state index in [4.69, 9.17) is 4.74 Å². The van der Waals surface area contributed by atoms with Crippen LogP contribution in [0.2, 0.25) is 0 Å². The van der Waals surface area contributed by atoms with Crippen molar-refractivity contribution in [3.63, 3.8) is 0 Å². The average Bonchev–Trinajstić information content (AvgIpc) is 3.47. The van der Waals surface area contributed by atoms with E-state index in [1.807, 2.05) is 4.57 Å². The van der Waals surface area contributed by atoms with Crippen molar-refractivity contribution >= 4 is 23.3 Å². The highest BCUT2D eigenvalue weighted by atomic mass is 32.2. The molecule has 0 saturated carbocycles. The number of aryl methyl sites for hydroxylation is 1. The number of aromatic nitrogens is 4. The van der Waals surface area contributed by atoms with Gasteiger partial charge in [0, 0.05) is 23.4 Å². The smallest absolute Gasteiger partial charge is 0.192 e. The fourth-order valence-corrected chi connectivity index (χ4v) is 4.94. The second kappa shape index (κ2) is 9.38. The van der Waals surface area contributed by atoms with E-state index in [0.29, 0.717) is 40.0 Å². The van der Waals surface area contributed by atoms with Gasteiger partial charge < -0.3 is 9.72 Å². The van der Waals surface area contributed by atoms with E-state index in [1.165, 1.54) is 30.8 Å². The molecule has 0 aliphatic carbocycles. The van der Waals surface area contributed by atoms with E-state index in [1.54, 1.807) is 26.0 Å². The minimum atomic E-state index is -0.319. The third-order valence-corrected chi connectivity index (χ3v) is 6.60. The van der Waals surface area contributed by atoms with Gasteiger partial charge in [-0.1, -0.05) is 11.8 Å². The Balaban J connectivity index is 1.58. The zero-order valence-corrected chi connectivity index (χ0v) is 19.1. The lowest BCUT2D eigenvalue weighted by Gasteiger charge is -2.14. The first kappa shape index (κ1) is 22.4. The quantitative estimate of drug-likeness (QED) is 0.400. The van der Waals surface area contributed by atoms with Gasteiger partial charge in [-0.2, -0.15) is 0 Å². The third kappa shape index (κ3) is 4.54. The predicted octanol–water partition coefficient (Wildman–Crippen LogP) is 4.39. The molecule has 1 N–H and O–H groups in total. The van der Waals surface area contributed by atoms with Gasteiger partial charge in [-0.15, -0.1) is 10.2 Å². The lowest BCUT2D eigenvalue weighted by molar-refractivity contribution is 0.0953. The topological polar surface area (TPSA) is 89.9 Å². The molecule has 1 aromatic carbocycles. The van der Waals surface area contributed by atoms with Crippen molar-refractivity contribution in [3.05, 3.63) is 52.6 Å². The number of rotatable bonds is 8. The Bertz CT molecular complexity index is 1150. The molecule has 0 spiro atoms. The molecule has 1 unspecified atom stereocenters. The molecule has 0 radical (unpaired) electrons. The number of Topliss-reactive ketones (excluding diaryl/α,β-unsaturated/α-hetero) is 2. The highest BCUT2D eigenvalue weighted by molar-refractivity contribution is 7.99. The predicted molar refractivity (Wildman–Crippen MR) is 120 cm³/mol. The number of aromatic amines is 1. The van der Waals surface area contributed by atoms with Crippen molar-refractivity contribution in [1.82, 2.24) is 19.7 Å². The van der Waals surface area contributed by atoms with Gasteiger partial charge in [0.2, 0.25) is 0 Å². The Labute approximate surface area is 189 Å². The maximum atomic E-state index is 13.4. The van der Waals surface area contributed by atoms with E-state index in [0.717, 1.165) is 25.0 Å². The SMILES string of the molecule is CC(=O)c1c(C)[nH]c(C(=O)CSc2nnc(-c3ccc(F)cc3)n2CC2CCCO2)c1C. The van der Waals surface area contributed by atoms with Crippen LogP contribution in [0.3, 0.4) is 0 Å². The first-order chi connectivity index (χ1) is 15.3. The highest BCUT2D eigenvalue weighted by Gasteiger charge is 2.24. The molecule has 1 aliphatic rings. The van der Waals surface area contributed by atoms with Gasteiger partial charge in [-0.3, -0.25) is 14.2 Å². The van der Waals surface area contributed by atoms with Crippen LogP contribution in [0.25, 0.3) is 11.4 Å². The van der Waals surface area contributed by atoms with Crippen molar-refractivity contribution in [2.75, 3.05) is 12.4 Å². The summed E-state index contributed by atoms with van der Waals surface area (Å²) in [4.78, 5) is 27.8. The Morgan fingerprint density at radius 1 is 1.25 bits per heavy atom. The van der Waals surface area contributed by atoms with E-state index < -0.39 is 0 Å². The molecule has 1 fully saturated rings. The Kier molecular flexibility index (Phi) is 6.57. The average molecular weight is 457 g/mol. The number of nitrogens with one attached hydrogen (secondary N) is 1. The van der Waals surface area contributed by atoms with Gasteiger partial charge in [0.05, 0.1) is 24.1 Å². The summed E-state index contributed by atoms with van der Waals surface area (Å²) < 4.78 is 21.1. The van der Waals surface area contributed by atoms with Gasteiger partial charge in [-0.25, -0.2) is 4.39 Å². The zero-order valence-electron chi connectivity index (χ0n) is 18.3. The van der Waals surface area contributed by atoms with Gasteiger partial charge >= 0.3 is 0 Å². The minimum absolute atomic E-state index is 0.0478. The van der Waals surface area contributed by atoms with Crippen LogP contribution in [0.1, 0.15) is 51.9 Å². The van der Waals surface area contributed by atoms with Crippen LogP contribution in [-0.4, -0.2) is 49.8 Å². The summed E-state index contributed by atoms with van der Waals surface area (Å²) in [7, 11) is 0. The second-order valence-corrected chi connectivity index (χ2v) is 8.89. The summed E-state index contributed by atoms with van der Waals surface area (Å²) in [5.74, 6) is 0.258. The number of ketones is 2. The standard InChI is InChI=1S/C23H25FN4O3S/c1-13-20(15(3)29)14(2)25-21(13)19(30)12-32-23-27-26-22(16-6-8-17(24)9-7-16)28(23)11-18-5-4-10-31-18/h6-9,18,25H,4-5,10-12H2,1-3H3. The third-order valence-electron chi connectivity index (χ3n) is 5.63. The maximum Gasteiger partial charge on any atom is 0.192 e. The summed E-state index contributed by atoms with van der Waals surface area (Å²) in [5, 5.41) is 9.22. The largest absolute Gasteiger partial charge is 0.376 e. The summed E-state index contributed by atoms with van der Waals surface area (Å²) in [5.41, 5.74) is 3.14. The molecule has 3 heterocycles. The number of halogens is 1. The van der Waals surface area contributed by atoms with Crippen LogP contribution >= 0.6 is 11.8 Å². The molecule has 1 aliphatic heterocycles. The van der Waals surface area contributed by atoms with Crippen molar-refractivity contribution in [1.29, 1.82) is 0 Å². The fourth-order valence-electron chi connectivity index (χ4n) is 4.12. The van der Waals surface area contributed by atoms with E-state index >= 15 is 0 Å². The summed E-state index contributed by atoms with van der Waals surface area (Å²) >= 11 is 1.29. The molecule has 9 heteroatoms. The Morgan fingerprint density at radius 2 is 2.00 bits per heavy atom. The molecule has 4 rings (SSSR count). The van der Waals surface area contributed by atoms with Crippen LogP contribution in [-0.2, 0) is 11.3 Å². The van der Waals surface area contributed by atoms with E-state index in [2.05, 4.69) is 15.2 Å². The summed E-state index contributed by atoms with van der Waals surface area (Å²) in [6.45, 7) is 6.36. The van der Waals surface area contributed by atoms with Crippen molar-refractivity contribution < 1.29 is 18.7 Å². The highest BCUT2D eigenvalue weighted by Crippen LogP contribution is 2.28. The molecule has 7 nitrogen and oxygen atoms in total. The number of H-pyrrole nitrogens is 1. The van der Waals surface area contributed by atoms with Crippen LogP contribution in [0.5, 0.6) is 0 Å². The number of hydrogen-bond acceptors (Lipinski definition) is 6. The lowest BCUT2D eigenvalue weighted by Crippen LogP contribution is -2.17. The fraction of sp³-hybridized carbons (Fsp3) is 0.391. The first-order valence-corrected chi connectivity index (χ1v) is 11.5. The number of ether oxygens (including phenoxy) is 1. The number of hydrogen-bond donors (Lipinski definition) is 1. The van der Waals surface area contributed by atoms with E-state index in [-0.39, 0.29) is 29.2 Å². The number of carbonyl (C=O) groups is 2. The maximum absolute atomic E-state index is 13.4. The van der Waals surface area contributed by atoms with Crippen LogP contribution in [0, 0.1) is 19.7 Å². The molecular formula is C23H25FN4O3S. The molecule has 1 atom stereocenters. The van der Waals surface area contributed by atoms with Crippen LogP contribution < -0.4 is 0 Å². The van der Waals surface area contributed by atoms with Crippen LogP contribution in [0.4, 0.5) is 4.39 Å². The number of carbonyl (C=O) groups excluding carboxylic acids is 2. The second-order valence-electron chi connectivity index (χ2n) is 7.95. The van der Waals surface area contributed by atoms with Crippen LogP contribution in [0.15, 0.2) is 29.4 Å². The summed E-state index contributed by atoms with van der Waals surface area (Å²) in [6, 6.07) is 6.11. The van der Waals surface area contributed by atoms with Crippen molar-refractivity contribution in [3.8, 4) is 11.4 Å². The van der Waals surface area contributed by atoms with Gasteiger partial charge in [0.15, 0.2) is 22.5 Å². The molecule has 2 aromatic heterocycles. The van der Waals surface area contributed by atoms with Gasteiger partial charge in [0.1, 0.15) is 5.82 Å². The molecular weight excluding hydrogens is 431 g/mol. The molecule has 168 valence electrons. The Morgan fingerprint density at radius 3 is 2.62 bits per heavy atom. The van der Waals surface area contributed by atoms with Crippen molar-refractivity contribution in [2.24, 2.45) is 0 Å².